The van der Waals surface area contributed by atoms with E-state index in [9.17, 15) is 0 Å². The molecule has 0 saturated heterocycles. The Labute approximate surface area is 195 Å². The number of hydrogen-bond acceptors (Lipinski definition) is 2. The molecule has 0 aromatic rings. The normalized spacial score (nSPS) is 15.1. The van der Waals surface area contributed by atoms with Crippen molar-refractivity contribution in [3.63, 3.8) is 0 Å². The molecule has 0 rings (SSSR count). The second-order valence-electron chi connectivity index (χ2n) is 7.28. The first-order chi connectivity index (χ1) is 15.1. The zero-order valence-electron chi connectivity index (χ0n) is 20.1. The second kappa shape index (κ2) is 15.1. The Morgan fingerprint density at radius 2 is 1.28 bits per heavy atom. The van der Waals surface area contributed by atoms with Crippen molar-refractivity contribution in [1.29, 1.82) is 0 Å². The summed E-state index contributed by atoms with van der Waals surface area (Å²) < 4.78 is 0. The number of allylic oxidation sites excluding steroid dienone is 20. The van der Waals surface area contributed by atoms with Gasteiger partial charge in [0.25, 0.3) is 0 Å². The highest BCUT2D eigenvalue weighted by atomic mass is 14.6. The number of hydrogen-bond donors (Lipinski definition) is 2. The first-order valence-electron chi connectivity index (χ1n) is 10.4. The highest BCUT2D eigenvalue weighted by molar-refractivity contribution is 5.56. The molecule has 0 amide bonds. The predicted molar refractivity (Wildman–Crippen MR) is 146 cm³/mol. The van der Waals surface area contributed by atoms with Crippen molar-refractivity contribution in [3.05, 3.63) is 156 Å². The summed E-state index contributed by atoms with van der Waals surface area (Å²) in [6, 6.07) is 0. The van der Waals surface area contributed by atoms with Crippen LogP contribution in [0.1, 0.15) is 27.7 Å². The first-order valence-corrected chi connectivity index (χ1v) is 10.4. The minimum atomic E-state index is 0.619. The fourth-order valence-electron chi connectivity index (χ4n) is 2.69. The second-order valence-corrected chi connectivity index (χ2v) is 7.28. The average Bonchev–Trinajstić information content (AvgIpc) is 2.72. The molecule has 0 spiro atoms. The van der Waals surface area contributed by atoms with E-state index >= 15 is 0 Å². The highest BCUT2D eigenvalue weighted by Gasteiger charge is 2.05. The summed E-state index contributed by atoms with van der Waals surface area (Å²) >= 11 is 0. The van der Waals surface area contributed by atoms with Gasteiger partial charge in [-0.1, -0.05) is 81.5 Å². The van der Waals surface area contributed by atoms with Gasteiger partial charge in [0.05, 0.1) is 0 Å². The van der Waals surface area contributed by atoms with Crippen molar-refractivity contribution in [2.24, 2.45) is 11.5 Å². The van der Waals surface area contributed by atoms with Crippen LogP contribution >= 0.6 is 0 Å². The third kappa shape index (κ3) is 10.8. The summed E-state index contributed by atoms with van der Waals surface area (Å²) in [5.74, 6) is 0. The van der Waals surface area contributed by atoms with E-state index in [1.165, 1.54) is 0 Å². The first kappa shape index (κ1) is 28.2. The van der Waals surface area contributed by atoms with Crippen LogP contribution in [0.4, 0.5) is 0 Å². The quantitative estimate of drug-likeness (QED) is 0.315. The van der Waals surface area contributed by atoms with E-state index in [2.05, 4.69) is 39.0 Å². The van der Waals surface area contributed by atoms with Crippen LogP contribution in [-0.4, -0.2) is 0 Å². The summed E-state index contributed by atoms with van der Waals surface area (Å²) in [5.41, 5.74) is 20.0. The standard InChI is InChI=1S/C30H38N2/c1-10-14-28(21-26(9)31)24(7)19-29(25(8)20-30(32)15-11-2)18-23(6)27(13-4)17-16-22(5)12-3/h10-21H,1-3,5-6,31-32H2,4,7-9H3/b17-16-,24-19+,25-20-,26-21+,27-13+,28-14+,29-18+,30-15+. The number of nitrogens with two attached hydrogens (primary N) is 2. The van der Waals surface area contributed by atoms with Crippen molar-refractivity contribution in [2.75, 3.05) is 0 Å². The van der Waals surface area contributed by atoms with E-state index < -0.39 is 0 Å². The Balaban J connectivity index is 6.61. The molecule has 0 aliphatic carbocycles. The van der Waals surface area contributed by atoms with Gasteiger partial charge in [0.2, 0.25) is 0 Å². The van der Waals surface area contributed by atoms with E-state index in [1.54, 1.807) is 24.3 Å². The van der Waals surface area contributed by atoms with Crippen molar-refractivity contribution < 1.29 is 0 Å². The lowest BCUT2D eigenvalue weighted by Crippen LogP contribution is -1.97. The van der Waals surface area contributed by atoms with Crippen molar-refractivity contribution >= 4 is 0 Å². The Morgan fingerprint density at radius 3 is 1.78 bits per heavy atom. The van der Waals surface area contributed by atoms with Crippen LogP contribution in [0, 0.1) is 0 Å². The van der Waals surface area contributed by atoms with Gasteiger partial charge >= 0.3 is 0 Å². The van der Waals surface area contributed by atoms with Crippen LogP contribution in [0.5, 0.6) is 0 Å². The Morgan fingerprint density at radius 1 is 0.688 bits per heavy atom. The topological polar surface area (TPSA) is 52.0 Å². The van der Waals surface area contributed by atoms with Gasteiger partial charge in [-0.15, -0.1) is 0 Å². The smallest absolute Gasteiger partial charge is 0.0316 e. The predicted octanol–water partition coefficient (Wildman–Crippen LogP) is 7.61. The molecule has 0 aliphatic rings. The molecule has 4 N–H and O–H groups in total. The van der Waals surface area contributed by atoms with Crippen LogP contribution in [0.25, 0.3) is 0 Å². The maximum absolute atomic E-state index is 6.09. The third-order valence-electron chi connectivity index (χ3n) is 4.41. The molecule has 0 aromatic carbocycles. The summed E-state index contributed by atoms with van der Waals surface area (Å²) in [4.78, 5) is 0. The van der Waals surface area contributed by atoms with Crippen LogP contribution in [0.15, 0.2) is 156 Å². The monoisotopic (exact) mass is 426 g/mol. The molecular formula is C30H38N2. The minimum Gasteiger partial charge on any atom is -0.402 e. The maximum atomic E-state index is 6.09. The van der Waals surface area contributed by atoms with E-state index in [4.69, 9.17) is 11.5 Å². The molecule has 0 aromatic heterocycles. The zero-order chi connectivity index (χ0) is 24.7. The Hall–Kier alpha value is -3.78. The molecule has 2 nitrogen and oxygen atoms in total. The van der Waals surface area contributed by atoms with Crippen molar-refractivity contribution in [1.82, 2.24) is 0 Å². The van der Waals surface area contributed by atoms with Crippen molar-refractivity contribution in [2.45, 2.75) is 27.7 Å². The molecule has 0 saturated carbocycles. The lowest BCUT2D eigenvalue weighted by Gasteiger charge is -2.11. The van der Waals surface area contributed by atoms with Gasteiger partial charge < -0.3 is 11.5 Å². The van der Waals surface area contributed by atoms with Gasteiger partial charge in [0, 0.05) is 11.4 Å². The van der Waals surface area contributed by atoms with Gasteiger partial charge in [0.1, 0.15) is 0 Å². The molecule has 32 heavy (non-hydrogen) atoms. The zero-order valence-corrected chi connectivity index (χ0v) is 20.1. The van der Waals surface area contributed by atoms with Gasteiger partial charge in [0.15, 0.2) is 0 Å². The lowest BCUT2D eigenvalue weighted by molar-refractivity contribution is 1.27. The Bertz CT molecular complexity index is 989. The molecule has 168 valence electrons. The molecular weight excluding hydrogens is 388 g/mol. The van der Waals surface area contributed by atoms with E-state index in [1.807, 2.05) is 70.2 Å². The van der Waals surface area contributed by atoms with Gasteiger partial charge in [-0.2, -0.15) is 0 Å². The maximum Gasteiger partial charge on any atom is 0.0316 e. The summed E-state index contributed by atoms with van der Waals surface area (Å²) in [5, 5.41) is 0. The fourth-order valence-corrected chi connectivity index (χ4v) is 2.69. The third-order valence-corrected chi connectivity index (χ3v) is 4.41. The van der Waals surface area contributed by atoms with Gasteiger partial charge in [-0.3, -0.25) is 0 Å². The minimum absolute atomic E-state index is 0.619. The number of rotatable bonds is 12. The summed E-state index contributed by atoms with van der Waals surface area (Å²) in [6.45, 7) is 27.3. The van der Waals surface area contributed by atoms with Crippen LogP contribution in [0.2, 0.25) is 0 Å². The van der Waals surface area contributed by atoms with Gasteiger partial charge in [-0.25, -0.2) is 0 Å². The molecule has 0 fully saturated rings. The van der Waals surface area contributed by atoms with Crippen LogP contribution in [0.3, 0.4) is 0 Å². The largest absolute Gasteiger partial charge is 0.402 e. The van der Waals surface area contributed by atoms with Crippen LogP contribution < -0.4 is 11.5 Å². The van der Waals surface area contributed by atoms with E-state index in [-0.39, 0.29) is 0 Å². The van der Waals surface area contributed by atoms with Gasteiger partial charge in [-0.05, 0) is 91.0 Å². The van der Waals surface area contributed by atoms with Crippen molar-refractivity contribution in [3.8, 4) is 0 Å². The summed E-state index contributed by atoms with van der Waals surface area (Å²) in [6.07, 6.45) is 22.7. The van der Waals surface area contributed by atoms with E-state index in [0.29, 0.717) is 5.70 Å². The lowest BCUT2D eigenvalue weighted by atomic mass is 9.95. The molecule has 0 atom stereocenters. The molecule has 2 heteroatoms. The molecule has 0 bridgehead atoms. The molecule has 0 heterocycles. The van der Waals surface area contributed by atoms with E-state index in [0.717, 1.165) is 44.7 Å². The average molecular weight is 427 g/mol. The molecule has 0 unspecified atom stereocenters. The molecule has 0 radical (unpaired) electrons. The fraction of sp³-hybridized carbons (Fsp3) is 0.133. The SMILES string of the molecule is C=C\C=C(N)/C=C(C)\C(=C\C(=C)C(/C=C\C(=C)C=C)=C/C)\C=C(C)\C(\C=C(/C)N)=C\C=C. The Kier molecular flexibility index (Phi) is 13.3. The molecule has 0 aliphatic heterocycles. The summed E-state index contributed by atoms with van der Waals surface area (Å²) in [7, 11) is 0. The van der Waals surface area contributed by atoms with Crippen LogP contribution in [-0.2, 0) is 0 Å². The highest BCUT2D eigenvalue weighted by Crippen LogP contribution is 2.23.